The van der Waals surface area contributed by atoms with Crippen LogP contribution in [0.4, 0.5) is 5.69 Å². The number of anilines is 1. The van der Waals surface area contributed by atoms with Crippen LogP contribution in [-0.4, -0.2) is 18.3 Å². The van der Waals surface area contributed by atoms with Crippen LogP contribution in [0.5, 0.6) is 0 Å². The summed E-state index contributed by atoms with van der Waals surface area (Å²) in [6.45, 7) is 11.3. The van der Waals surface area contributed by atoms with Gasteiger partial charge in [-0.15, -0.1) is 24.9 Å². The van der Waals surface area contributed by atoms with E-state index in [9.17, 15) is 10.5 Å². The van der Waals surface area contributed by atoms with Gasteiger partial charge < -0.3 is 4.90 Å². The van der Waals surface area contributed by atoms with Crippen LogP contribution in [0.3, 0.4) is 0 Å². The molecule has 0 radical (unpaired) electrons. The summed E-state index contributed by atoms with van der Waals surface area (Å²) in [6, 6.07) is 18.4. The number of nitrogens with zero attached hydrogens (tertiary/aromatic N) is 3. The standard InChI is InChI=1S/C26H23N3S/c1-4-14-29(15-5-2)22-12-10-20(19(3)16-22)11-13-25-26(21(17-27)18-28)23-8-6-7-9-24(23)30-25/h4-13,16,25H,1-2,14-15H2,3H3/b13-11+. The van der Waals surface area contributed by atoms with Gasteiger partial charge in [0.25, 0.3) is 0 Å². The van der Waals surface area contributed by atoms with Gasteiger partial charge in [-0.25, -0.2) is 0 Å². The molecule has 0 bridgehead atoms. The van der Waals surface area contributed by atoms with Gasteiger partial charge in [0.1, 0.15) is 17.7 Å². The quantitative estimate of drug-likeness (QED) is 0.406. The Morgan fingerprint density at radius 2 is 1.80 bits per heavy atom. The number of hydrogen-bond donors (Lipinski definition) is 0. The van der Waals surface area contributed by atoms with Gasteiger partial charge in [-0.1, -0.05) is 48.6 Å². The lowest BCUT2D eigenvalue weighted by Gasteiger charge is -2.22. The van der Waals surface area contributed by atoms with Crippen LogP contribution in [0.15, 0.2) is 84.3 Å². The van der Waals surface area contributed by atoms with Crippen molar-refractivity contribution in [2.24, 2.45) is 0 Å². The zero-order valence-corrected chi connectivity index (χ0v) is 17.8. The fraction of sp³-hybridized carbons (Fsp3) is 0.154. The molecule has 1 aliphatic rings. The first-order chi connectivity index (χ1) is 14.6. The molecule has 2 aromatic carbocycles. The summed E-state index contributed by atoms with van der Waals surface area (Å²) in [5, 5.41) is 18.8. The fourth-order valence-electron chi connectivity index (χ4n) is 3.53. The zero-order chi connectivity index (χ0) is 21.5. The molecule has 30 heavy (non-hydrogen) atoms. The highest BCUT2D eigenvalue weighted by molar-refractivity contribution is 8.01. The lowest BCUT2D eigenvalue weighted by molar-refractivity contribution is 0.955. The summed E-state index contributed by atoms with van der Waals surface area (Å²) in [4.78, 5) is 3.30. The first-order valence-electron chi connectivity index (χ1n) is 9.69. The van der Waals surface area contributed by atoms with E-state index in [2.05, 4.69) is 67.5 Å². The van der Waals surface area contributed by atoms with E-state index in [1.807, 2.05) is 36.4 Å². The summed E-state index contributed by atoms with van der Waals surface area (Å²) < 4.78 is 0. The molecule has 148 valence electrons. The SMILES string of the molecule is C=CCN(CC=C)c1ccc(/C=C/C2Sc3ccccc3C2=C(C#N)C#N)c(C)c1. The maximum absolute atomic E-state index is 9.45. The molecule has 0 spiro atoms. The molecule has 1 heterocycles. The Morgan fingerprint density at radius 3 is 2.43 bits per heavy atom. The molecule has 0 amide bonds. The summed E-state index contributed by atoms with van der Waals surface area (Å²) in [7, 11) is 0. The average molecular weight is 410 g/mol. The Morgan fingerprint density at radius 1 is 1.10 bits per heavy atom. The number of benzene rings is 2. The second-order valence-electron chi connectivity index (χ2n) is 6.93. The molecule has 1 unspecified atom stereocenters. The maximum Gasteiger partial charge on any atom is 0.134 e. The van der Waals surface area contributed by atoms with Crippen molar-refractivity contribution in [3.8, 4) is 12.1 Å². The highest BCUT2D eigenvalue weighted by atomic mass is 32.2. The molecule has 2 aromatic rings. The molecule has 1 aliphatic heterocycles. The largest absolute Gasteiger partial charge is 0.364 e. The van der Waals surface area contributed by atoms with E-state index in [0.29, 0.717) is 0 Å². The van der Waals surface area contributed by atoms with E-state index >= 15 is 0 Å². The Hall–Kier alpha value is -3.47. The van der Waals surface area contributed by atoms with Crippen LogP contribution in [0.1, 0.15) is 16.7 Å². The first kappa shape index (κ1) is 21.2. The predicted octanol–water partition coefficient (Wildman–Crippen LogP) is 6.16. The van der Waals surface area contributed by atoms with Crippen LogP contribution >= 0.6 is 11.8 Å². The van der Waals surface area contributed by atoms with Crippen LogP contribution in [0, 0.1) is 29.6 Å². The van der Waals surface area contributed by atoms with Gasteiger partial charge in [0.15, 0.2) is 0 Å². The van der Waals surface area contributed by atoms with Crippen molar-refractivity contribution in [1.82, 2.24) is 0 Å². The van der Waals surface area contributed by atoms with E-state index in [0.717, 1.165) is 45.9 Å². The fourth-order valence-corrected chi connectivity index (χ4v) is 4.79. The minimum absolute atomic E-state index is 0.0613. The molecule has 0 aromatic heterocycles. The third-order valence-corrected chi connectivity index (χ3v) is 6.23. The number of rotatable bonds is 7. The van der Waals surface area contributed by atoms with Crippen molar-refractivity contribution in [2.75, 3.05) is 18.0 Å². The van der Waals surface area contributed by atoms with Gasteiger partial charge >= 0.3 is 0 Å². The van der Waals surface area contributed by atoms with E-state index in [4.69, 9.17) is 0 Å². The minimum Gasteiger partial charge on any atom is -0.364 e. The first-order valence-corrected chi connectivity index (χ1v) is 10.6. The van der Waals surface area contributed by atoms with Gasteiger partial charge in [-0.2, -0.15) is 10.5 Å². The van der Waals surface area contributed by atoms with E-state index in [-0.39, 0.29) is 10.8 Å². The smallest absolute Gasteiger partial charge is 0.134 e. The zero-order valence-electron chi connectivity index (χ0n) is 17.0. The van der Waals surface area contributed by atoms with E-state index in [1.165, 1.54) is 0 Å². The van der Waals surface area contributed by atoms with Crippen molar-refractivity contribution in [1.29, 1.82) is 10.5 Å². The highest BCUT2D eigenvalue weighted by Gasteiger charge is 2.28. The van der Waals surface area contributed by atoms with E-state index < -0.39 is 0 Å². The van der Waals surface area contributed by atoms with Gasteiger partial charge in [0, 0.05) is 29.2 Å². The van der Waals surface area contributed by atoms with Crippen molar-refractivity contribution in [3.63, 3.8) is 0 Å². The number of nitriles is 2. The van der Waals surface area contributed by atoms with Crippen LogP contribution in [0.2, 0.25) is 0 Å². The monoisotopic (exact) mass is 409 g/mol. The normalized spacial score (nSPS) is 14.6. The van der Waals surface area contributed by atoms with E-state index in [1.54, 1.807) is 11.8 Å². The third kappa shape index (κ3) is 4.40. The van der Waals surface area contributed by atoms with Crippen LogP contribution < -0.4 is 4.90 Å². The minimum atomic E-state index is -0.0613. The van der Waals surface area contributed by atoms with Gasteiger partial charge in [-0.05, 0) is 41.8 Å². The average Bonchev–Trinajstić information content (AvgIpc) is 3.12. The molecule has 3 nitrogen and oxygen atoms in total. The van der Waals surface area contributed by atoms with Gasteiger partial charge in [0.2, 0.25) is 0 Å². The van der Waals surface area contributed by atoms with Crippen molar-refractivity contribution >= 4 is 29.1 Å². The van der Waals surface area contributed by atoms with Crippen molar-refractivity contribution < 1.29 is 0 Å². The molecule has 0 saturated carbocycles. The Labute approximate surface area is 183 Å². The lowest BCUT2D eigenvalue weighted by Crippen LogP contribution is -2.23. The molecule has 0 aliphatic carbocycles. The Kier molecular flexibility index (Phi) is 6.96. The molecule has 0 saturated heterocycles. The predicted molar refractivity (Wildman–Crippen MR) is 127 cm³/mol. The Bertz CT molecular complexity index is 1090. The number of fused-ring (bicyclic) bond motifs is 1. The molecular weight excluding hydrogens is 386 g/mol. The molecule has 1 atom stereocenters. The highest BCUT2D eigenvalue weighted by Crippen LogP contribution is 2.46. The van der Waals surface area contributed by atoms with Crippen molar-refractivity contribution in [2.45, 2.75) is 17.1 Å². The topological polar surface area (TPSA) is 50.8 Å². The molecule has 3 rings (SSSR count). The summed E-state index contributed by atoms with van der Waals surface area (Å²) in [5.74, 6) is 0. The van der Waals surface area contributed by atoms with Gasteiger partial charge in [-0.3, -0.25) is 0 Å². The van der Waals surface area contributed by atoms with Gasteiger partial charge in [0.05, 0.1) is 5.25 Å². The summed E-state index contributed by atoms with van der Waals surface area (Å²) >= 11 is 1.67. The van der Waals surface area contributed by atoms with Crippen molar-refractivity contribution in [3.05, 3.63) is 96.1 Å². The summed E-state index contributed by atoms with van der Waals surface area (Å²) in [6.07, 6.45) is 7.94. The molecule has 4 heteroatoms. The number of aryl methyl sites for hydroxylation is 1. The molecule has 0 N–H and O–H groups in total. The molecular formula is C26H23N3S. The molecule has 0 fully saturated rings. The second kappa shape index (κ2) is 9.83. The maximum atomic E-state index is 9.45. The van der Waals surface area contributed by atoms with Crippen LogP contribution in [0.25, 0.3) is 11.6 Å². The summed E-state index contributed by atoms with van der Waals surface area (Å²) in [5.41, 5.74) is 5.36. The second-order valence-corrected chi connectivity index (χ2v) is 8.11. The Balaban J connectivity index is 1.91. The number of hydrogen-bond acceptors (Lipinski definition) is 4. The third-order valence-electron chi connectivity index (χ3n) is 4.98. The van der Waals surface area contributed by atoms with Crippen LogP contribution in [-0.2, 0) is 0 Å². The lowest BCUT2D eigenvalue weighted by atomic mass is 9.97. The number of thioether (sulfide) groups is 1. The number of allylic oxidation sites excluding steroid dienone is 1.